The van der Waals surface area contributed by atoms with Crippen molar-refractivity contribution in [2.75, 3.05) is 0 Å². The van der Waals surface area contributed by atoms with E-state index in [9.17, 15) is 0 Å². The van der Waals surface area contributed by atoms with Gasteiger partial charge in [-0.25, -0.2) is 0 Å². The molecule has 9 heteroatoms. The van der Waals surface area contributed by atoms with Gasteiger partial charge < -0.3 is 0 Å². The molecule has 0 atom stereocenters. The normalized spacial score (nSPS) is 9.29. The zero-order valence-corrected chi connectivity index (χ0v) is 27.0. The molecule has 1 radical (unpaired) electrons. The van der Waals surface area contributed by atoms with Crippen LogP contribution in [-0.2, 0) is 26.5 Å². The molecule has 0 spiro atoms. The first kappa shape index (κ1) is 37.2. The molecule has 4 nitrogen and oxygen atoms in total. The third-order valence-corrected chi connectivity index (χ3v) is 11.0. The predicted octanol–water partition coefficient (Wildman–Crippen LogP) is 3.51. The first-order chi connectivity index (χ1) is 21.7. The fraction of sp³-hybridized carbons (Fsp3) is 0. The summed E-state index contributed by atoms with van der Waals surface area (Å²) in [7, 11) is -1.89. The number of hydrogen-bond acceptors (Lipinski definition) is 4. The first-order valence-corrected chi connectivity index (χ1v) is 16.4. The quantitative estimate of drug-likeness (QED) is 0.200. The van der Waals surface area contributed by atoms with Crippen LogP contribution in [0.15, 0.2) is 182 Å². The maximum atomic E-state index is 8.25. The Hall–Kier alpha value is -3.97. The molecule has 0 unspecified atom stereocenters. The van der Waals surface area contributed by atoms with Gasteiger partial charge in [0.2, 0.25) is 0 Å². The Morgan fingerprint density at radius 3 is 0.533 bits per heavy atom. The number of benzene rings is 6. The molecule has 0 saturated heterocycles. The van der Waals surface area contributed by atoms with E-state index >= 15 is 0 Å². The van der Waals surface area contributed by atoms with Gasteiger partial charge in [-0.15, -0.1) is 0 Å². The van der Waals surface area contributed by atoms with Gasteiger partial charge in [0, 0.05) is 0 Å². The van der Waals surface area contributed by atoms with Crippen LogP contribution in [0.3, 0.4) is 0 Å². The zero-order valence-electron chi connectivity index (χ0n) is 24.3. The van der Waals surface area contributed by atoms with Gasteiger partial charge in [0.15, 0.2) is 0 Å². The summed E-state index contributed by atoms with van der Waals surface area (Å²) in [6.45, 7) is 0. The molecule has 6 rings (SSSR count). The van der Waals surface area contributed by atoms with Crippen molar-refractivity contribution in [3.05, 3.63) is 182 Å². The van der Waals surface area contributed by atoms with E-state index in [-0.39, 0.29) is 17.1 Å². The average molecular weight is 674 g/mol. The van der Waals surface area contributed by atoms with Crippen LogP contribution >= 0.6 is 15.8 Å². The smallest absolute Gasteiger partial charge is 0.0622 e. The summed E-state index contributed by atoms with van der Waals surface area (Å²) >= 11 is 0. The van der Waals surface area contributed by atoms with Crippen molar-refractivity contribution in [2.24, 2.45) is 0 Å². The summed E-state index contributed by atoms with van der Waals surface area (Å²) < 4.78 is 16.5. The van der Waals surface area contributed by atoms with Crippen molar-refractivity contribution in [1.29, 1.82) is 0 Å². The first-order valence-electron chi connectivity index (χ1n) is 13.7. The number of hydrogen-bond donors (Lipinski definition) is 0. The van der Waals surface area contributed by atoms with Gasteiger partial charge in [0.25, 0.3) is 0 Å². The molecule has 0 heterocycles. The van der Waals surface area contributed by atoms with Crippen LogP contribution in [0.1, 0.15) is 0 Å². The van der Waals surface area contributed by atoms with Crippen LogP contribution in [0, 0.1) is 0 Å². The molecular formula is C36H30B2CuO4P2. The molecule has 0 aliphatic rings. The summed E-state index contributed by atoms with van der Waals surface area (Å²) in [6, 6.07) is 64.7. The second kappa shape index (κ2) is 22.5. The predicted molar refractivity (Wildman–Crippen MR) is 183 cm³/mol. The zero-order chi connectivity index (χ0) is 31.2. The molecule has 6 aromatic rings. The van der Waals surface area contributed by atoms with Gasteiger partial charge >= 0.3 is 51.2 Å². The van der Waals surface area contributed by atoms with Crippen molar-refractivity contribution < 1.29 is 36.5 Å². The molecule has 0 bridgehead atoms. The van der Waals surface area contributed by atoms with Gasteiger partial charge in [0.05, 0.1) is 0 Å². The van der Waals surface area contributed by atoms with Gasteiger partial charge in [-0.3, -0.25) is 0 Å². The SMILES string of the molecule is O=B[O-].O=B[O-].[Cu+2].c1ccc(P(c2ccccc2)c2ccccc2)cc1.c1ccc(P(c2ccccc2)c2ccccc2)cc1. The average Bonchev–Trinajstić information content (AvgIpc) is 3.09. The monoisotopic (exact) mass is 673 g/mol. The van der Waals surface area contributed by atoms with E-state index in [0.717, 1.165) is 0 Å². The molecule has 0 amide bonds. The Kier molecular flexibility index (Phi) is 18.6. The third-order valence-electron chi connectivity index (χ3n) is 6.09. The second-order valence-electron chi connectivity index (χ2n) is 8.88. The molecule has 0 aromatic heterocycles. The summed E-state index contributed by atoms with van der Waals surface area (Å²) in [5.41, 5.74) is 0. The van der Waals surface area contributed by atoms with Crippen LogP contribution < -0.4 is 41.9 Å². The standard InChI is InChI=1S/2C18H15P.2BO2.Cu/c2*1-4-10-16(11-5-1)19(17-12-6-2-7-13-17)18-14-8-3-9-15-18;2*2-1-3;/h2*1-15H;;;/q;;2*-1;+2. The molecule has 45 heavy (non-hydrogen) atoms. The van der Waals surface area contributed by atoms with Crippen LogP contribution in [-0.4, -0.2) is 14.7 Å². The molecule has 0 aliphatic heterocycles. The van der Waals surface area contributed by atoms with Gasteiger partial charge in [0.1, 0.15) is 0 Å². The minimum atomic E-state index is -0.500. The molecule has 0 fully saturated rings. The molecule has 0 aliphatic carbocycles. The summed E-state index contributed by atoms with van der Waals surface area (Å²) in [4.78, 5) is 0. The summed E-state index contributed by atoms with van der Waals surface area (Å²) in [5, 5.41) is 24.9. The fourth-order valence-corrected chi connectivity index (χ4v) is 8.97. The van der Waals surface area contributed by atoms with Gasteiger partial charge in [-0.2, -0.15) is 0 Å². The van der Waals surface area contributed by atoms with Crippen LogP contribution in [0.25, 0.3) is 0 Å². The summed E-state index contributed by atoms with van der Waals surface area (Å²) in [6.07, 6.45) is 0. The van der Waals surface area contributed by atoms with E-state index in [2.05, 4.69) is 182 Å². The minimum Gasteiger partial charge on any atom is -0.0622 e. The number of rotatable bonds is 6. The maximum Gasteiger partial charge on any atom is 2.00 e. The molecule has 0 saturated carbocycles. The van der Waals surface area contributed by atoms with Gasteiger partial charge in [-0.05, 0) is 47.7 Å². The van der Waals surface area contributed by atoms with E-state index in [1.807, 2.05) is 0 Å². The van der Waals surface area contributed by atoms with E-state index < -0.39 is 30.5 Å². The fourth-order valence-electron chi connectivity index (χ4n) is 4.36. The van der Waals surface area contributed by atoms with Gasteiger partial charge in [-0.1, -0.05) is 182 Å². The second-order valence-corrected chi connectivity index (χ2v) is 13.3. The van der Waals surface area contributed by atoms with Crippen molar-refractivity contribution in [3.8, 4) is 0 Å². The largest absolute Gasteiger partial charge is 2.00 e. The minimum absolute atomic E-state index is 0. The van der Waals surface area contributed by atoms with E-state index in [1.165, 1.54) is 31.8 Å². The maximum absolute atomic E-state index is 8.25. The van der Waals surface area contributed by atoms with Crippen LogP contribution in [0.2, 0.25) is 0 Å². The van der Waals surface area contributed by atoms with Crippen molar-refractivity contribution in [2.45, 2.75) is 0 Å². The van der Waals surface area contributed by atoms with Crippen LogP contribution in [0.4, 0.5) is 0 Å². The van der Waals surface area contributed by atoms with Crippen LogP contribution in [0.5, 0.6) is 0 Å². The van der Waals surface area contributed by atoms with Crippen molar-refractivity contribution >= 4 is 62.4 Å². The van der Waals surface area contributed by atoms with E-state index in [4.69, 9.17) is 19.5 Å². The molecule has 225 valence electrons. The topological polar surface area (TPSA) is 80.3 Å². The molecular weight excluding hydrogens is 644 g/mol. The Morgan fingerprint density at radius 2 is 0.422 bits per heavy atom. The Bertz CT molecular complexity index is 1290. The summed E-state index contributed by atoms with van der Waals surface area (Å²) in [5.74, 6) is 0. The molecule has 0 N–H and O–H groups in total. The van der Waals surface area contributed by atoms with E-state index in [1.54, 1.807) is 0 Å². The Labute approximate surface area is 279 Å². The molecule has 6 aromatic carbocycles. The Balaban J connectivity index is 0.000000262. The Morgan fingerprint density at radius 1 is 0.311 bits per heavy atom. The third kappa shape index (κ3) is 12.5. The van der Waals surface area contributed by atoms with E-state index in [0.29, 0.717) is 0 Å². The van der Waals surface area contributed by atoms with Crippen molar-refractivity contribution in [1.82, 2.24) is 0 Å². The van der Waals surface area contributed by atoms with Crippen molar-refractivity contribution in [3.63, 3.8) is 0 Å².